The zero-order valence-electron chi connectivity index (χ0n) is 8.37. The summed E-state index contributed by atoms with van der Waals surface area (Å²) in [5.41, 5.74) is 1.07. The number of rotatable bonds is 2. The maximum atomic E-state index is 11.1. The third-order valence-corrected chi connectivity index (χ3v) is 3.54. The number of carbonyl (C=O) groups is 1. The lowest BCUT2D eigenvalue weighted by molar-refractivity contribution is 0.101. The molecule has 0 aromatic carbocycles. The minimum atomic E-state index is 0.0586. The first-order chi connectivity index (χ1) is 6.68. The van der Waals surface area contributed by atoms with Crippen molar-refractivity contribution in [2.75, 3.05) is 13.2 Å². The smallest absolute Gasteiger partial charge is 0.188 e. The molecule has 0 aliphatic carbocycles. The molecule has 0 radical (unpaired) electrons. The topological polar surface area (TPSA) is 39.2 Å². The van der Waals surface area contributed by atoms with Gasteiger partial charge in [-0.1, -0.05) is 0 Å². The van der Waals surface area contributed by atoms with Crippen LogP contribution in [0.4, 0.5) is 0 Å². The molecule has 2 rings (SSSR count). The summed E-state index contributed by atoms with van der Waals surface area (Å²) in [5.74, 6) is 0.461. The molecule has 14 heavy (non-hydrogen) atoms. The van der Waals surface area contributed by atoms with Crippen LogP contribution in [-0.2, 0) is 4.74 Å². The molecule has 4 heteroatoms. The Morgan fingerprint density at radius 2 is 2.43 bits per heavy atom. The minimum Gasteiger partial charge on any atom is -0.381 e. The zero-order chi connectivity index (χ0) is 10.1. The largest absolute Gasteiger partial charge is 0.381 e. The minimum absolute atomic E-state index is 0.0586. The van der Waals surface area contributed by atoms with Gasteiger partial charge in [0.2, 0.25) is 0 Å². The predicted octanol–water partition coefficient (Wildman–Crippen LogP) is 2.16. The average molecular weight is 211 g/mol. The summed E-state index contributed by atoms with van der Waals surface area (Å²) in [6.45, 7) is 5.16. The van der Waals surface area contributed by atoms with E-state index in [1.54, 1.807) is 6.92 Å². The molecule has 1 aliphatic rings. The number of hydrogen-bond donors (Lipinski definition) is 0. The highest BCUT2D eigenvalue weighted by molar-refractivity contribution is 7.13. The number of carbonyl (C=O) groups excluding carboxylic acids is 1. The fourth-order valence-electron chi connectivity index (χ4n) is 1.69. The molecule has 0 bridgehead atoms. The van der Waals surface area contributed by atoms with Gasteiger partial charge in [0.25, 0.3) is 0 Å². The Balaban J connectivity index is 2.28. The van der Waals surface area contributed by atoms with E-state index in [1.165, 1.54) is 11.3 Å². The highest BCUT2D eigenvalue weighted by Crippen LogP contribution is 2.30. The first-order valence-electron chi connectivity index (χ1n) is 4.74. The fraction of sp³-hybridized carbons (Fsp3) is 0.600. The van der Waals surface area contributed by atoms with Crippen LogP contribution in [0.3, 0.4) is 0 Å². The third-order valence-electron chi connectivity index (χ3n) is 2.45. The highest BCUT2D eigenvalue weighted by Gasteiger charge is 2.23. The molecule has 1 aromatic heterocycles. The molecule has 1 aliphatic heterocycles. The van der Waals surface area contributed by atoms with Crippen molar-refractivity contribution in [3.63, 3.8) is 0 Å². The van der Waals surface area contributed by atoms with E-state index in [9.17, 15) is 4.79 Å². The van der Waals surface area contributed by atoms with Crippen molar-refractivity contribution in [3.05, 3.63) is 15.6 Å². The number of nitrogens with zero attached hydrogens (tertiary/aromatic N) is 1. The van der Waals surface area contributed by atoms with Gasteiger partial charge >= 0.3 is 0 Å². The Morgan fingerprint density at radius 1 is 1.64 bits per heavy atom. The van der Waals surface area contributed by atoms with Crippen molar-refractivity contribution in [3.8, 4) is 0 Å². The molecule has 1 aromatic rings. The van der Waals surface area contributed by atoms with E-state index in [2.05, 4.69) is 4.98 Å². The number of aryl methyl sites for hydroxylation is 1. The van der Waals surface area contributed by atoms with Gasteiger partial charge in [0.15, 0.2) is 10.8 Å². The van der Waals surface area contributed by atoms with E-state index in [-0.39, 0.29) is 5.78 Å². The van der Waals surface area contributed by atoms with Gasteiger partial charge in [0.05, 0.1) is 12.3 Å². The Bertz CT molecular complexity index is 353. The number of hydrogen-bond acceptors (Lipinski definition) is 4. The van der Waals surface area contributed by atoms with E-state index in [0.29, 0.717) is 10.9 Å². The third kappa shape index (κ3) is 1.72. The second kappa shape index (κ2) is 3.79. The van der Waals surface area contributed by atoms with Gasteiger partial charge in [0.1, 0.15) is 0 Å². The summed E-state index contributed by atoms with van der Waals surface area (Å²) >= 11 is 1.49. The summed E-state index contributed by atoms with van der Waals surface area (Å²) in [6, 6.07) is 0. The van der Waals surface area contributed by atoms with Crippen molar-refractivity contribution < 1.29 is 9.53 Å². The lowest BCUT2D eigenvalue weighted by atomic mass is 10.0. The molecule has 2 heterocycles. The lowest BCUT2D eigenvalue weighted by Gasteiger charge is -2.03. The van der Waals surface area contributed by atoms with Crippen LogP contribution in [-0.4, -0.2) is 24.0 Å². The molecule has 0 amide bonds. The zero-order valence-corrected chi connectivity index (χ0v) is 9.19. The number of ketones is 1. The Labute approximate surface area is 87.1 Å². The van der Waals surface area contributed by atoms with Crippen molar-refractivity contribution in [2.24, 2.45) is 0 Å². The SMILES string of the molecule is CC(=O)c1nc(C2CCOC2)c(C)s1. The first kappa shape index (κ1) is 9.80. The molecule has 1 fully saturated rings. The maximum Gasteiger partial charge on any atom is 0.188 e. The second-order valence-electron chi connectivity index (χ2n) is 3.58. The van der Waals surface area contributed by atoms with Crippen molar-refractivity contribution >= 4 is 17.1 Å². The van der Waals surface area contributed by atoms with Crippen molar-refractivity contribution in [1.82, 2.24) is 4.98 Å². The van der Waals surface area contributed by atoms with E-state index < -0.39 is 0 Å². The van der Waals surface area contributed by atoms with Crippen molar-refractivity contribution in [2.45, 2.75) is 26.2 Å². The van der Waals surface area contributed by atoms with Gasteiger partial charge in [-0.2, -0.15) is 0 Å². The number of Topliss-reactive ketones (excluding diaryl/α,β-unsaturated/α-hetero) is 1. The van der Waals surface area contributed by atoms with Crippen LogP contribution in [0.1, 0.15) is 39.6 Å². The van der Waals surface area contributed by atoms with E-state index in [0.717, 1.165) is 30.2 Å². The van der Waals surface area contributed by atoms with Crippen LogP contribution in [0.15, 0.2) is 0 Å². The van der Waals surface area contributed by atoms with Crippen LogP contribution in [0, 0.1) is 6.92 Å². The summed E-state index contributed by atoms with van der Waals surface area (Å²) < 4.78 is 5.32. The predicted molar refractivity (Wildman–Crippen MR) is 55.0 cm³/mol. The Hall–Kier alpha value is -0.740. The molecule has 0 spiro atoms. The normalized spacial score (nSPS) is 21.4. The van der Waals surface area contributed by atoms with Gasteiger partial charge in [-0.25, -0.2) is 4.98 Å². The van der Waals surface area contributed by atoms with Gasteiger partial charge < -0.3 is 4.74 Å². The monoisotopic (exact) mass is 211 g/mol. The molecular formula is C10H13NO2S. The van der Waals surface area contributed by atoms with E-state index in [1.807, 2.05) is 6.92 Å². The van der Waals surface area contributed by atoms with Crippen LogP contribution < -0.4 is 0 Å². The molecule has 1 saturated heterocycles. The molecule has 76 valence electrons. The number of thiazole rings is 1. The highest BCUT2D eigenvalue weighted by atomic mass is 32.1. The van der Waals surface area contributed by atoms with E-state index >= 15 is 0 Å². The molecule has 0 N–H and O–H groups in total. The standard InChI is InChI=1S/C10H13NO2S/c1-6(12)10-11-9(7(2)14-10)8-3-4-13-5-8/h8H,3-5H2,1-2H3. The average Bonchev–Trinajstić information content (AvgIpc) is 2.71. The molecule has 0 saturated carbocycles. The van der Waals surface area contributed by atoms with Crippen LogP contribution in [0.2, 0.25) is 0 Å². The molecule has 1 atom stereocenters. The Morgan fingerprint density at radius 3 is 2.93 bits per heavy atom. The summed E-state index contributed by atoms with van der Waals surface area (Å²) in [4.78, 5) is 16.7. The molecule has 3 nitrogen and oxygen atoms in total. The van der Waals surface area contributed by atoms with Crippen LogP contribution in [0.5, 0.6) is 0 Å². The van der Waals surface area contributed by atoms with Gasteiger partial charge in [-0.3, -0.25) is 4.79 Å². The first-order valence-corrected chi connectivity index (χ1v) is 5.56. The summed E-state index contributed by atoms with van der Waals surface area (Å²) in [6.07, 6.45) is 1.03. The molecular weight excluding hydrogens is 198 g/mol. The summed E-state index contributed by atoms with van der Waals surface area (Å²) in [7, 11) is 0. The number of aromatic nitrogens is 1. The molecule has 1 unspecified atom stereocenters. The van der Waals surface area contributed by atoms with Crippen LogP contribution >= 0.6 is 11.3 Å². The van der Waals surface area contributed by atoms with E-state index in [4.69, 9.17) is 4.74 Å². The maximum absolute atomic E-state index is 11.1. The lowest BCUT2D eigenvalue weighted by Crippen LogP contribution is -2.00. The quantitative estimate of drug-likeness (QED) is 0.704. The summed E-state index contributed by atoms with van der Waals surface area (Å²) in [5, 5.41) is 0.629. The van der Waals surface area contributed by atoms with Crippen LogP contribution in [0.25, 0.3) is 0 Å². The van der Waals surface area contributed by atoms with Gasteiger partial charge in [-0.05, 0) is 13.3 Å². The fourth-order valence-corrected chi connectivity index (χ4v) is 2.58. The number of ether oxygens (including phenoxy) is 1. The second-order valence-corrected chi connectivity index (χ2v) is 4.78. The van der Waals surface area contributed by atoms with Crippen molar-refractivity contribution in [1.29, 1.82) is 0 Å². The van der Waals surface area contributed by atoms with Gasteiger partial charge in [-0.15, -0.1) is 11.3 Å². The Kier molecular flexibility index (Phi) is 2.65. The van der Waals surface area contributed by atoms with Gasteiger partial charge in [0, 0.05) is 24.3 Å².